The van der Waals surface area contributed by atoms with Crippen molar-refractivity contribution < 1.29 is 14.3 Å². The van der Waals surface area contributed by atoms with Crippen LogP contribution >= 0.6 is 0 Å². The second kappa shape index (κ2) is 3.69. The summed E-state index contributed by atoms with van der Waals surface area (Å²) in [6.07, 6.45) is 3.43. The van der Waals surface area contributed by atoms with Crippen LogP contribution in [0.25, 0.3) is 22.7 Å². The number of benzene rings is 1. The van der Waals surface area contributed by atoms with E-state index in [0.29, 0.717) is 22.7 Å². The Morgan fingerprint density at radius 2 is 2.28 bits per heavy atom. The Bertz CT molecular complexity index is 742. The molecule has 1 N–H and O–H groups in total. The van der Waals surface area contributed by atoms with Gasteiger partial charge in [0.2, 0.25) is 5.89 Å². The maximum absolute atomic E-state index is 10.8. The summed E-state index contributed by atoms with van der Waals surface area (Å²) in [6, 6.07) is 4.57. The van der Waals surface area contributed by atoms with Crippen molar-refractivity contribution in [2.75, 3.05) is 0 Å². The first kappa shape index (κ1) is 10.5. The highest BCUT2D eigenvalue weighted by atomic mass is 16.4. The number of carbonyl (C=O) groups is 1. The molecule has 0 aliphatic rings. The van der Waals surface area contributed by atoms with Gasteiger partial charge in [-0.3, -0.25) is 0 Å². The Morgan fingerprint density at radius 1 is 1.44 bits per heavy atom. The maximum atomic E-state index is 10.8. The van der Waals surface area contributed by atoms with Crippen molar-refractivity contribution in [3.63, 3.8) is 0 Å². The lowest BCUT2D eigenvalue weighted by Crippen LogP contribution is -1.94. The number of nitrogens with zero attached hydrogens (tertiary/aromatic N) is 3. The minimum absolute atomic E-state index is 0.172. The standard InChI is InChI=1S/C12H9N3O3/c1-15-5-9(13-6-15)11-14-8-3-2-7(12(16)17)4-10(8)18-11/h2-6H,1H3,(H,16,17). The third-order valence-electron chi connectivity index (χ3n) is 2.56. The number of aromatic nitrogens is 3. The first-order valence-electron chi connectivity index (χ1n) is 5.26. The highest BCUT2D eigenvalue weighted by Crippen LogP contribution is 2.23. The quantitative estimate of drug-likeness (QED) is 0.743. The second-order valence-corrected chi connectivity index (χ2v) is 3.93. The summed E-state index contributed by atoms with van der Waals surface area (Å²) in [6.45, 7) is 0. The molecule has 2 aromatic heterocycles. The summed E-state index contributed by atoms with van der Waals surface area (Å²) in [5, 5.41) is 8.89. The first-order valence-corrected chi connectivity index (χ1v) is 5.26. The van der Waals surface area contributed by atoms with Crippen molar-refractivity contribution in [3.05, 3.63) is 36.3 Å². The molecule has 3 rings (SSSR count). The van der Waals surface area contributed by atoms with Crippen LogP contribution in [-0.2, 0) is 7.05 Å². The predicted octanol–water partition coefficient (Wildman–Crippen LogP) is 1.93. The highest BCUT2D eigenvalue weighted by molar-refractivity contribution is 5.92. The monoisotopic (exact) mass is 243 g/mol. The smallest absolute Gasteiger partial charge is 0.335 e. The lowest BCUT2D eigenvalue weighted by atomic mass is 10.2. The molecule has 0 atom stereocenters. The molecule has 0 fully saturated rings. The van der Waals surface area contributed by atoms with Crippen LogP contribution in [0.2, 0.25) is 0 Å². The Kier molecular flexibility index (Phi) is 2.16. The van der Waals surface area contributed by atoms with Crippen molar-refractivity contribution in [2.45, 2.75) is 0 Å². The summed E-state index contributed by atoms with van der Waals surface area (Å²) in [4.78, 5) is 19.2. The van der Waals surface area contributed by atoms with Gasteiger partial charge in [0.25, 0.3) is 0 Å². The van der Waals surface area contributed by atoms with Crippen LogP contribution in [0.4, 0.5) is 0 Å². The summed E-state index contributed by atoms with van der Waals surface area (Å²) < 4.78 is 7.29. The van der Waals surface area contributed by atoms with Crippen LogP contribution < -0.4 is 0 Å². The number of rotatable bonds is 2. The van der Waals surface area contributed by atoms with Crippen LogP contribution in [0.1, 0.15) is 10.4 Å². The number of hydrogen-bond acceptors (Lipinski definition) is 4. The van der Waals surface area contributed by atoms with Gasteiger partial charge in [0.05, 0.1) is 11.9 Å². The molecule has 6 nitrogen and oxygen atoms in total. The molecule has 0 unspecified atom stereocenters. The van der Waals surface area contributed by atoms with Gasteiger partial charge in [-0.2, -0.15) is 0 Å². The Balaban J connectivity index is 2.13. The fourth-order valence-corrected chi connectivity index (χ4v) is 1.69. The molecule has 0 aliphatic heterocycles. The first-order chi connectivity index (χ1) is 8.63. The van der Waals surface area contributed by atoms with Gasteiger partial charge in [0.15, 0.2) is 5.58 Å². The van der Waals surface area contributed by atoms with Crippen LogP contribution in [0, 0.1) is 0 Å². The Hall–Kier alpha value is -2.63. The molecule has 6 heteroatoms. The third kappa shape index (κ3) is 1.64. The van der Waals surface area contributed by atoms with E-state index in [9.17, 15) is 4.79 Å². The molecule has 0 saturated heterocycles. The van der Waals surface area contributed by atoms with Crippen LogP contribution in [0.3, 0.4) is 0 Å². The molecule has 90 valence electrons. The van der Waals surface area contributed by atoms with Crippen LogP contribution in [0.15, 0.2) is 35.1 Å². The Labute approximate surface area is 102 Å². The molecule has 18 heavy (non-hydrogen) atoms. The number of imidazole rings is 1. The maximum Gasteiger partial charge on any atom is 0.335 e. The number of hydrogen-bond donors (Lipinski definition) is 1. The predicted molar refractivity (Wildman–Crippen MR) is 63.2 cm³/mol. The lowest BCUT2D eigenvalue weighted by molar-refractivity contribution is 0.0697. The second-order valence-electron chi connectivity index (χ2n) is 3.93. The molecule has 1 aromatic carbocycles. The summed E-state index contributed by atoms with van der Waals surface area (Å²) >= 11 is 0. The minimum Gasteiger partial charge on any atom is -0.478 e. The topological polar surface area (TPSA) is 81.2 Å². The molecule has 0 radical (unpaired) electrons. The van der Waals surface area contributed by atoms with E-state index in [-0.39, 0.29) is 5.56 Å². The zero-order valence-electron chi connectivity index (χ0n) is 9.49. The SMILES string of the molecule is Cn1cnc(-c2nc3ccc(C(=O)O)cc3o2)c1. The van der Waals surface area contributed by atoms with E-state index in [4.69, 9.17) is 9.52 Å². The van der Waals surface area contributed by atoms with Gasteiger partial charge in [-0.1, -0.05) is 0 Å². The van der Waals surface area contributed by atoms with E-state index in [1.807, 2.05) is 7.05 Å². The van der Waals surface area contributed by atoms with E-state index < -0.39 is 5.97 Å². The molecule has 0 spiro atoms. The van der Waals surface area contributed by atoms with Crippen molar-refractivity contribution >= 4 is 17.1 Å². The van der Waals surface area contributed by atoms with Crippen LogP contribution in [-0.4, -0.2) is 25.6 Å². The van der Waals surface area contributed by atoms with E-state index >= 15 is 0 Å². The van der Waals surface area contributed by atoms with E-state index in [1.165, 1.54) is 12.1 Å². The van der Waals surface area contributed by atoms with Gasteiger partial charge in [0.1, 0.15) is 11.2 Å². The van der Waals surface area contributed by atoms with Gasteiger partial charge in [0, 0.05) is 13.2 Å². The van der Waals surface area contributed by atoms with Crippen LogP contribution in [0.5, 0.6) is 0 Å². The molecule has 3 aromatic rings. The molecule has 0 saturated carbocycles. The summed E-state index contributed by atoms with van der Waals surface area (Å²) in [5.41, 5.74) is 1.84. The van der Waals surface area contributed by atoms with Gasteiger partial charge >= 0.3 is 5.97 Å². The molecular weight excluding hydrogens is 234 g/mol. The zero-order chi connectivity index (χ0) is 12.7. The summed E-state index contributed by atoms with van der Waals surface area (Å²) in [5.74, 6) is -0.610. The number of aromatic carboxylic acids is 1. The minimum atomic E-state index is -0.993. The van der Waals surface area contributed by atoms with Gasteiger partial charge < -0.3 is 14.1 Å². The largest absolute Gasteiger partial charge is 0.478 e. The van der Waals surface area contributed by atoms with Crippen molar-refractivity contribution in [1.29, 1.82) is 0 Å². The van der Waals surface area contributed by atoms with Crippen molar-refractivity contribution in [3.8, 4) is 11.6 Å². The van der Waals surface area contributed by atoms with Gasteiger partial charge in [-0.15, -0.1) is 0 Å². The van der Waals surface area contributed by atoms with Gasteiger partial charge in [-0.05, 0) is 18.2 Å². The highest BCUT2D eigenvalue weighted by Gasteiger charge is 2.12. The molecular formula is C12H9N3O3. The number of carboxylic acids is 1. The number of carboxylic acid groups (broad SMARTS) is 1. The van der Waals surface area contributed by atoms with Crippen molar-refractivity contribution in [2.24, 2.45) is 7.05 Å². The number of oxazole rings is 1. The normalized spacial score (nSPS) is 10.9. The van der Waals surface area contributed by atoms with E-state index in [2.05, 4.69) is 9.97 Å². The fraction of sp³-hybridized carbons (Fsp3) is 0.0833. The third-order valence-corrected chi connectivity index (χ3v) is 2.56. The summed E-state index contributed by atoms with van der Waals surface area (Å²) in [7, 11) is 1.85. The van der Waals surface area contributed by atoms with Gasteiger partial charge in [-0.25, -0.2) is 14.8 Å². The molecule has 0 bridgehead atoms. The Morgan fingerprint density at radius 3 is 2.94 bits per heavy atom. The average Bonchev–Trinajstić information content (AvgIpc) is 2.93. The average molecular weight is 243 g/mol. The zero-order valence-corrected chi connectivity index (χ0v) is 9.49. The number of fused-ring (bicyclic) bond motifs is 1. The fourth-order valence-electron chi connectivity index (χ4n) is 1.69. The number of aryl methyl sites for hydroxylation is 1. The molecule has 0 amide bonds. The molecule has 0 aliphatic carbocycles. The lowest BCUT2D eigenvalue weighted by Gasteiger charge is -1.91. The van der Waals surface area contributed by atoms with E-state index in [1.54, 1.807) is 23.2 Å². The molecule has 2 heterocycles. The van der Waals surface area contributed by atoms with E-state index in [0.717, 1.165) is 0 Å². The van der Waals surface area contributed by atoms with Crippen molar-refractivity contribution in [1.82, 2.24) is 14.5 Å².